The van der Waals surface area contributed by atoms with Gasteiger partial charge in [-0.2, -0.15) is 0 Å². The molecule has 1 N–H and O–H groups in total. The molecule has 0 radical (unpaired) electrons. The van der Waals surface area contributed by atoms with Crippen molar-refractivity contribution in [1.29, 1.82) is 0 Å². The van der Waals surface area contributed by atoms with Gasteiger partial charge < -0.3 is 10.2 Å². The fourth-order valence-electron chi connectivity index (χ4n) is 3.40. The lowest BCUT2D eigenvalue weighted by Gasteiger charge is -2.33. The number of carbonyl (C=O) groups is 2. The summed E-state index contributed by atoms with van der Waals surface area (Å²) in [4.78, 5) is 28.3. The molecule has 0 aromatic heterocycles. The van der Waals surface area contributed by atoms with Gasteiger partial charge in [0.2, 0.25) is 11.8 Å². The van der Waals surface area contributed by atoms with Gasteiger partial charge in [0.15, 0.2) is 0 Å². The zero-order valence-corrected chi connectivity index (χ0v) is 18.5. The topological polar surface area (TPSA) is 49.4 Å². The Morgan fingerprint density at radius 1 is 0.839 bits per heavy atom. The van der Waals surface area contributed by atoms with Crippen LogP contribution in [0.15, 0.2) is 84.9 Å². The summed E-state index contributed by atoms with van der Waals surface area (Å²) in [6, 6.07) is 25.8. The SMILES string of the molecule is CC(C)C(=O)N(Cc1ccc(Cl)cc1)[C@H](C(=O)NCc1ccccc1)c1ccccc1. The normalized spacial score (nSPS) is 11.7. The lowest BCUT2D eigenvalue weighted by molar-refractivity contribution is -0.144. The van der Waals surface area contributed by atoms with Crippen molar-refractivity contribution in [3.8, 4) is 0 Å². The average Bonchev–Trinajstić information content (AvgIpc) is 2.79. The van der Waals surface area contributed by atoms with E-state index in [2.05, 4.69) is 5.32 Å². The van der Waals surface area contributed by atoms with E-state index in [-0.39, 0.29) is 17.7 Å². The third kappa shape index (κ3) is 6.19. The highest BCUT2D eigenvalue weighted by molar-refractivity contribution is 6.30. The van der Waals surface area contributed by atoms with Gasteiger partial charge in [0.1, 0.15) is 6.04 Å². The highest BCUT2D eigenvalue weighted by atomic mass is 35.5. The molecule has 0 aliphatic rings. The van der Waals surface area contributed by atoms with Crippen molar-refractivity contribution in [3.05, 3.63) is 107 Å². The highest BCUT2D eigenvalue weighted by Crippen LogP contribution is 2.26. The van der Waals surface area contributed by atoms with Crippen LogP contribution in [0.1, 0.15) is 36.6 Å². The standard InChI is InChI=1S/C26H27ClN2O2/c1-19(2)26(31)29(18-21-13-15-23(27)16-14-21)24(22-11-7-4-8-12-22)25(30)28-17-20-9-5-3-6-10-20/h3-16,19,24H,17-18H2,1-2H3,(H,28,30)/t24-/m0/s1. The second-order valence-corrected chi connectivity index (χ2v) is 8.20. The van der Waals surface area contributed by atoms with Gasteiger partial charge in [-0.1, -0.05) is 98.2 Å². The van der Waals surface area contributed by atoms with Crippen molar-refractivity contribution in [1.82, 2.24) is 10.2 Å². The van der Waals surface area contributed by atoms with Gasteiger partial charge in [0.05, 0.1) is 0 Å². The molecule has 3 aromatic rings. The smallest absolute Gasteiger partial charge is 0.247 e. The van der Waals surface area contributed by atoms with Crippen LogP contribution in [0.25, 0.3) is 0 Å². The molecule has 0 heterocycles. The monoisotopic (exact) mass is 434 g/mol. The molecule has 1 atom stereocenters. The van der Waals surface area contributed by atoms with E-state index < -0.39 is 6.04 Å². The first-order chi connectivity index (χ1) is 15.0. The van der Waals surface area contributed by atoms with E-state index in [0.29, 0.717) is 18.1 Å². The van der Waals surface area contributed by atoms with Crippen molar-refractivity contribution in [2.24, 2.45) is 5.92 Å². The maximum Gasteiger partial charge on any atom is 0.247 e. The third-order valence-electron chi connectivity index (χ3n) is 5.03. The second kappa shape index (κ2) is 10.8. The molecule has 0 spiro atoms. The number of rotatable bonds is 8. The van der Waals surface area contributed by atoms with Crippen LogP contribution < -0.4 is 5.32 Å². The van der Waals surface area contributed by atoms with Gasteiger partial charge in [0.25, 0.3) is 0 Å². The Hall–Kier alpha value is -3.11. The molecular formula is C26H27ClN2O2. The summed E-state index contributed by atoms with van der Waals surface area (Å²) in [7, 11) is 0. The van der Waals surface area contributed by atoms with Crippen molar-refractivity contribution in [2.45, 2.75) is 33.0 Å². The molecule has 3 aromatic carbocycles. The van der Waals surface area contributed by atoms with Gasteiger partial charge in [-0.15, -0.1) is 0 Å². The van der Waals surface area contributed by atoms with E-state index in [1.807, 2.05) is 86.6 Å². The predicted octanol–water partition coefficient (Wildman–Crippen LogP) is 5.38. The molecule has 0 saturated heterocycles. The van der Waals surface area contributed by atoms with Crippen LogP contribution in [-0.2, 0) is 22.7 Å². The van der Waals surface area contributed by atoms with Crippen molar-refractivity contribution in [3.63, 3.8) is 0 Å². The van der Waals surface area contributed by atoms with E-state index >= 15 is 0 Å². The number of nitrogens with zero attached hydrogens (tertiary/aromatic N) is 1. The van der Waals surface area contributed by atoms with Crippen LogP contribution in [0.2, 0.25) is 5.02 Å². The first-order valence-electron chi connectivity index (χ1n) is 10.4. The third-order valence-corrected chi connectivity index (χ3v) is 5.28. The van der Waals surface area contributed by atoms with Crippen LogP contribution in [-0.4, -0.2) is 16.7 Å². The van der Waals surface area contributed by atoms with Crippen LogP contribution in [0.4, 0.5) is 0 Å². The van der Waals surface area contributed by atoms with E-state index in [1.165, 1.54) is 0 Å². The molecule has 0 unspecified atom stereocenters. The van der Waals surface area contributed by atoms with Crippen LogP contribution in [0.5, 0.6) is 0 Å². The van der Waals surface area contributed by atoms with Crippen LogP contribution >= 0.6 is 11.6 Å². The van der Waals surface area contributed by atoms with Gasteiger partial charge in [-0.05, 0) is 28.8 Å². The minimum atomic E-state index is -0.740. The van der Waals surface area contributed by atoms with E-state index in [0.717, 1.165) is 16.7 Å². The molecule has 31 heavy (non-hydrogen) atoms. The number of amides is 2. The Balaban J connectivity index is 1.93. The Morgan fingerprint density at radius 3 is 2.00 bits per heavy atom. The van der Waals surface area contributed by atoms with Gasteiger partial charge in [-0.3, -0.25) is 9.59 Å². The lowest BCUT2D eigenvalue weighted by Crippen LogP contribution is -2.44. The average molecular weight is 435 g/mol. The maximum atomic E-state index is 13.4. The Bertz CT molecular complexity index is 989. The summed E-state index contributed by atoms with van der Waals surface area (Å²) in [5, 5.41) is 3.64. The van der Waals surface area contributed by atoms with Gasteiger partial charge in [-0.25, -0.2) is 0 Å². The summed E-state index contributed by atoms with van der Waals surface area (Å²) in [6.07, 6.45) is 0. The van der Waals surface area contributed by atoms with Crippen molar-refractivity contribution in [2.75, 3.05) is 0 Å². The van der Waals surface area contributed by atoms with Gasteiger partial charge in [0, 0.05) is 24.0 Å². The fraction of sp³-hybridized carbons (Fsp3) is 0.231. The number of halogens is 1. The minimum Gasteiger partial charge on any atom is -0.350 e. The molecule has 0 aliphatic carbocycles. The summed E-state index contributed by atoms with van der Waals surface area (Å²) < 4.78 is 0. The number of hydrogen-bond donors (Lipinski definition) is 1. The largest absolute Gasteiger partial charge is 0.350 e. The molecule has 0 bridgehead atoms. The second-order valence-electron chi connectivity index (χ2n) is 7.76. The predicted molar refractivity (Wildman–Crippen MR) is 124 cm³/mol. The number of nitrogens with one attached hydrogen (secondary N) is 1. The molecule has 4 nitrogen and oxygen atoms in total. The molecule has 160 valence electrons. The van der Waals surface area contributed by atoms with Gasteiger partial charge >= 0.3 is 0 Å². The molecule has 0 fully saturated rings. The Kier molecular flexibility index (Phi) is 7.85. The summed E-state index contributed by atoms with van der Waals surface area (Å²) in [5.74, 6) is -0.544. The number of benzene rings is 3. The number of carbonyl (C=O) groups excluding carboxylic acids is 2. The Morgan fingerprint density at radius 2 is 1.42 bits per heavy atom. The Labute approximate surface area is 188 Å². The molecule has 2 amide bonds. The zero-order chi connectivity index (χ0) is 22.2. The zero-order valence-electron chi connectivity index (χ0n) is 17.8. The van der Waals surface area contributed by atoms with Crippen molar-refractivity contribution < 1.29 is 9.59 Å². The van der Waals surface area contributed by atoms with Crippen LogP contribution in [0, 0.1) is 5.92 Å². The quantitative estimate of drug-likeness (QED) is 0.517. The minimum absolute atomic E-state index is 0.0846. The summed E-state index contributed by atoms with van der Waals surface area (Å²) >= 11 is 6.02. The van der Waals surface area contributed by atoms with Crippen molar-refractivity contribution >= 4 is 23.4 Å². The molecule has 0 aliphatic heterocycles. The summed E-state index contributed by atoms with van der Waals surface area (Å²) in [5.41, 5.74) is 2.69. The molecule has 0 saturated carbocycles. The highest BCUT2D eigenvalue weighted by Gasteiger charge is 2.32. The molecule has 5 heteroatoms. The van der Waals surface area contributed by atoms with Crippen LogP contribution in [0.3, 0.4) is 0 Å². The van der Waals surface area contributed by atoms with E-state index in [4.69, 9.17) is 11.6 Å². The van der Waals surface area contributed by atoms with E-state index in [9.17, 15) is 9.59 Å². The lowest BCUT2D eigenvalue weighted by atomic mass is 10.0. The van der Waals surface area contributed by atoms with E-state index in [1.54, 1.807) is 17.0 Å². The summed E-state index contributed by atoms with van der Waals surface area (Å²) in [6.45, 7) is 4.41. The molecular weight excluding hydrogens is 408 g/mol. The fourth-order valence-corrected chi connectivity index (χ4v) is 3.53. The first kappa shape index (κ1) is 22.6. The maximum absolute atomic E-state index is 13.4. The number of hydrogen-bond acceptors (Lipinski definition) is 2. The first-order valence-corrected chi connectivity index (χ1v) is 10.7. The molecule has 3 rings (SSSR count).